The van der Waals surface area contributed by atoms with E-state index < -0.39 is 5.60 Å². The van der Waals surface area contributed by atoms with Crippen LogP contribution in [0.2, 0.25) is 0 Å². The lowest BCUT2D eigenvalue weighted by Gasteiger charge is -2.37. The Bertz CT molecular complexity index is 169. The van der Waals surface area contributed by atoms with E-state index in [9.17, 15) is 5.11 Å². The molecule has 3 heteroatoms. The van der Waals surface area contributed by atoms with Crippen LogP contribution >= 0.6 is 0 Å². The number of rotatable bonds is 4. The number of β-amino-alcohol motifs (C(OH)–C–C–N with tert-alkyl or cyclic N) is 1. The second kappa shape index (κ2) is 5.10. The predicted molar refractivity (Wildman–Crippen MR) is 59.4 cm³/mol. The molecule has 84 valence electrons. The van der Waals surface area contributed by atoms with Crippen molar-refractivity contribution in [3.63, 3.8) is 0 Å². The molecule has 1 unspecified atom stereocenters. The fourth-order valence-corrected chi connectivity index (χ4v) is 2.05. The van der Waals surface area contributed by atoms with Gasteiger partial charge in [0.05, 0.1) is 5.60 Å². The summed E-state index contributed by atoms with van der Waals surface area (Å²) in [4.78, 5) is 2.37. The van der Waals surface area contributed by atoms with Gasteiger partial charge < -0.3 is 10.4 Å². The Balaban J connectivity index is 2.41. The van der Waals surface area contributed by atoms with E-state index in [2.05, 4.69) is 31.0 Å². The molecule has 14 heavy (non-hydrogen) atoms. The topological polar surface area (TPSA) is 35.5 Å². The summed E-state index contributed by atoms with van der Waals surface area (Å²) in [7, 11) is 0. The molecule has 1 rings (SSSR count). The first-order valence-corrected chi connectivity index (χ1v) is 5.77. The molecule has 0 aromatic heterocycles. The monoisotopic (exact) mass is 200 g/mol. The molecule has 0 spiro atoms. The second-order valence-electron chi connectivity index (χ2n) is 4.52. The van der Waals surface area contributed by atoms with Gasteiger partial charge in [-0.2, -0.15) is 0 Å². The number of nitrogens with one attached hydrogen (secondary N) is 1. The van der Waals surface area contributed by atoms with Gasteiger partial charge in [0, 0.05) is 32.2 Å². The van der Waals surface area contributed by atoms with Gasteiger partial charge in [0.2, 0.25) is 0 Å². The molecule has 2 N–H and O–H groups in total. The smallest absolute Gasteiger partial charge is 0.0768 e. The van der Waals surface area contributed by atoms with Crippen LogP contribution in [0.1, 0.15) is 33.6 Å². The minimum Gasteiger partial charge on any atom is -0.389 e. The van der Waals surface area contributed by atoms with Gasteiger partial charge in [0.25, 0.3) is 0 Å². The Morgan fingerprint density at radius 3 is 2.57 bits per heavy atom. The van der Waals surface area contributed by atoms with Crippen LogP contribution in [-0.2, 0) is 0 Å². The summed E-state index contributed by atoms with van der Waals surface area (Å²) >= 11 is 0. The van der Waals surface area contributed by atoms with Crippen molar-refractivity contribution in [1.29, 1.82) is 0 Å². The summed E-state index contributed by atoms with van der Waals surface area (Å²) in [5.41, 5.74) is -0.475. The van der Waals surface area contributed by atoms with Crippen LogP contribution in [0.3, 0.4) is 0 Å². The molecule has 1 atom stereocenters. The minimum absolute atomic E-state index is 0.475. The number of hydrogen-bond donors (Lipinski definition) is 2. The lowest BCUT2D eigenvalue weighted by atomic mass is 9.96. The zero-order chi connectivity index (χ0) is 10.6. The maximum atomic E-state index is 10.2. The molecular formula is C11H24N2O. The summed E-state index contributed by atoms with van der Waals surface area (Å²) < 4.78 is 0. The van der Waals surface area contributed by atoms with E-state index in [-0.39, 0.29) is 0 Å². The minimum atomic E-state index is -0.475. The Kier molecular flexibility index (Phi) is 4.35. The molecule has 0 amide bonds. The molecule has 1 aliphatic heterocycles. The van der Waals surface area contributed by atoms with Crippen molar-refractivity contribution < 1.29 is 5.11 Å². The van der Waals surface area contributed by atoms with Crippen molar-refractivity contribution >= 4 is 0 Å². The van der Waals surface area contributed by atoms with Crippen molar-refractivity contribution in [2.45, 2.75) is 45.3 Å². The van der Waals surface area contributed by atoms with Crippen LogP contribution in [0, 0.1) is 0 Å². The normalized spacial score (nSPS) is 25.3. The predicted octanol–water partition coefficient (Wildman–Crippen LogP) is 0.831. The van der Waals surface area contributed by atoms with Crippen LogP contribution in [0.4, 0.5) is 0 Å². The van der Waals surface area contributed by atoms with Crippen molar-refractivity contribution in [3.05, 3.63) is 0 Å². The Labute approximate surface area is 87.5 Å². The summed E-state index contributed by atoms with van der Waals surface area (Å²) in [6, 6.07) is 0.557. The Morgan fingerprint density at radius 1 is 1.43 bits per heavy atom. The Morgan fingerprint density at radius 2 is 2.07 bits per heavy atom. The lowest BCUT2D eigenvalue weighted by Crippen LogP contribution is -2.53. The summed E-state index contributed by atoms with van der Waals surface area (Å²) in [5, 5.41) is 13.6. The van der Waals surface area contributed by atoms with E-state index >= 15 is 0 Å². The zero-order valence-electron chi connectivity index (χ0n) is 9.71. The average molecular weight is 200 g/mol. The first-order valence-electron chi connectivity index (χ1n) is 5.77. The van der Waals surface area contributed by atoms with Crippen LogP contribution in [0.15, 0.2) is 0 Å². The molecule has 1 aliphatic rings. The largest absolute Gasteiger partial charge is 0.389 e. The van der Waals surface area contributed by atoms with Crippen molar-refractivity contribution in [1.82, 2.24) is 10.2 Å². The molecule has 1 heterocycles. The molecule has 0 aromatic rings. The molecular weight excluding hydrogens is 176 g/mol. The van der Waals surface area contributed by atoms with Gasteiger partial charge in [-0.15, -0.1) is 0 Å². The highest BCUT2D eigenvalue weighted by molar-refractivity contribution is 4.83. The number of nitrogens with zero attached hydrogens (tertiary/aromatic N) is 1. The molecule has 0 saturated carbocycles. The van der Waals surface area contributed by atoms with Gasteiger partial charge in [-0.1, -0.05) is 13.8 Å². The third kappa shape index (κ3) is 3.23. The molecule has 3 nitrogen and oxygen atoms in total. The summed E-state index contributed by atoms with van der Waals surface area (Å²) in [5.74, 6) is 0. The highest BCUT2D eigenvalue weighted by Gasteiger charge is 2.27. The third-order valence-corrected chi connectivity index (χ3v) is 3.29. The fraction of sp³-hybridized carbons (Fsp3) is 1.00. The van der Waals surface area contributed by atoms with E-state index in [1.54, 1.807) is 0 Å². The molecule has 0 bridgehead atoms. The highest BCUT2D eigenvalue weighted by atomic mass is 16.3. The van der Waals surface area contributed by atoms with Crippen LogP contribution in [0.25, 0.3) is 0 Å². The molecule has 0 aliphatic carbocycles. The van der Waals surface area contributed by atoms with Crippen LogP contribution < -0.4 is 5.32 Å². The molecule has 0 radical (unpaired) electrons. The maximum absolute atomic E-state index is 10.2. The maximum Gasteiger partial charge on any atom is 0.0768 e. The van der Waals surface area contributed by atoms with Crippen LogP contribution in [0.5, 0.6) is 0 Å². The van der Waals surface area contributed by atoms with E-state index in [1.807, 2.05) is 0 Å². The number of aliphatic hydroxyl groups is 1. The van der Waals surface area contributed by atoms with Gasteiger partial charge in [-0.3, -0.25) is 4.90 Å². The first kappa shape index (κ1) is 12.0. The summed E-state index contributed by atoms with van der Waals surface area (Å²) in [6.07, 6.45) is 1.70. The van der Waals surface area contributed by atoms with E-state index in [0.717, 1.165) is 39.0 Å². The Hall–Kier alpha value is -0.120. The van der Waals surface area contributed by atoms with E-state index in [4.69, 9.17) is 0 Å². The standard InChI is InChI=1S/C11H24N2O/c1-4-11(14,5-2)9-13-7-6-12-10(3)8-13/h10,12,14H,4-9H2,1-3H3. The fourth-order valence-electron chi connectivity index (χ4n) is 2.05. The number of piperazine rings is 1. The third-order valence-electron chi connectivity index (χ3n) is 3.29. The van der Waals surface area contributed by atoms with Gasteiger partial charge >= 0.3 is 0 Å². The zero-order valence-corrected chi connectivity index (χ0v) is 9.71. The van der Waals surface area contributed by atoms with Gasteiger partial charge in [-0.25, -0.2) is 0 Å². The average Bonchev–Trinajstić information content (AvgIpc) is 2.18. The SMILES string of the molecule is CCC(O)(CC)CN1CCNC(C)C1. The quantitative estimate of drug-likeness (QED) is 0.705. The molecule has 1 fully saturated rings. The number of hydrogen-bond acceptors (Lipinski definition) is 3. The highest BCUT2D eigenvalue weighted by Crippen LogP contribution is 2.17. The van der Waals surface area contributed by atoms with Crippen molar-refractivity contribution in [2.75, 3.05) is 26.2 Å². The van der Waals surface area contributed by atoms with Gasteiger partial charge in [0.15, 0.2) is 0 Å². The molecule has 0 aromatic carbocycles. The van der Waals surface area contributed by atoms with Crippen LogP contribution in [-0.4, -0.2) is 47.8 Å². The second-order valence-corrected chi connectivity index (χ2v) is 4.52. The lowest BCUT2D eigenvalue weighted by molar-refractivity contribution is -0.00923. The van der Waals surface area contributed by atoms with Crippen molar-refractivity contribution in [3.8, 4) is 0 Å². The van der Waals surface area contributed by atoms with E-state index in [1.165, 1.54) is 0 Å². The first-order chi connectivity index (χ1) is 6.59. The molecule has 1 saturated heterocycles. The summed E-state index contributed by atoms with van der Waals surface area (Å²) in [6.45, 7) is 10.3. The van der Waals surface area contributed by atoms with Gasteiger partial charge in [-0.05, 0) is 19.8 Å². The van der Waals surface area contributed by atoms with E-state index in [0.29, 0.717) is 6.04 Å². The van der Waals surface area contributed by atoms with Gasteiger partial charge in [0.1, 0.15) is 0 Å². The van der Waals surface area contributed by atoms with Crippen molar-refractivity contribution in [2.24, 2.45) is 0 Å².